The summed E-state index contributed by atoms with van der Waals surface area (Å²) in [6.45, 7) is 4.87. The van der Waals surface area contributed by atoms with Gasteiger partial charge in [0, 0.05) is 18.6 Å². The van der Waals surface area contributed by atoms with E-state index in [1.165, 1.54) is 12.0 Å². The van der Waals surface area contributed by atoms with Crippen LogP contribution in [0, 0.1) is 13.8 Å². The molecule has 0 saturated carbocycles. The Bertz CT molecular complexity index is 403. The van der Waals surface area contributed by atoms with Crippen molar-refractivity contribution in [3.8, 4) is 0 Å². The van der Waals surface area contributed by atoms with Crippen molar-refractivity contribution in [1.29, 1.82) is 0 Å². The summed E-state index contributed by atoms with van der Waals surface area (Å²) < 4.78 is 5.62. The van der Waals surface area contributed by atoms with Crippen LogP contribution in [0.4, 0.5) is 0 Å². The number of carbonyl (C=O) groups is 1. The van der Waals surface area contributed by atoms with Gasteiger partial charge < -0.3 is 4.74 Å². The Morgan fingerprint density at radius 2 is 2.18 bits per heavy atom. The van der Waals surface area contributed by atoms with E-state index >= 15 is 0 Å². The van der Waals surface area contributed by atoms with Crippen molar-refractivity contribution < 1.29 is 9.53 Å². The lowest BCUT2D eigenvalue weighted by molar-refractivity contribution is 0.0129. The normalized spacial score (nSPS) is 20.2. The van der Waals surface area contributed by atoms with E-state index in [0.717, 1.165) is 30.6 Å². The van der Waals surface area contributed by atoms with Crippen LogP contribution in [0.3, 0.4) is 0 Å². The van der Waals surface area contributed by atoms with Gasteiger partial charge in [0.2, 0.25) is 0 Å². The van der Waals surface area contributed by atoms with Crippen molar-refractivity contribution in [2.24, 2.45) is 0 Å². The van der Waals surface area contributed by atoms with Gasteiger partial charge in [-0.3, -0.25) is 4.79 Å². The van der Waals surface area contributed by atoms with Gasteiger partial charge in [0.15, 0.2) is 5.78 Å². The molecule has 0 aliphatic carbocycles. The molecule has 2 nitrogen and oxygen atoms in total. The van der Waals surface area contributed by atoms with Gasteiger partial charge in [-0.2, -0.15) is 0 Å². The Hall–Kier alpha value is -1.15. The number of hydrogen-bond acceptors (Lipinski definition) is 2. The Morgan fingerprint density at radius 1 is 1.35 bits per heavy atom. The van der Waals surface area contributed by atoms with Gasteiger partial charge >= 0.3 is 0 Å². The highest BCUT2D eigenvalue weighted by Crippen LogP contribution is 2.20. The Labute approximate surface area is 103 Å². The molecule has 1 fully saturated rings. The molecule has 2 rings (SSSR count). The molecule has 17 heavy (non-hydrogen) atoms. The monoisotopic (exact) mass is 232 g/mol. The minimum atomic E-state index is 0.135. The third kappa shape index (κ3) is 2.95. The van der Waals surface area contributed by atoms with Crippen molar-refractivity contribution in [3.63, 3.8) is 0 Å². The highest BCUT2D eigenvalue weighted by molar-refractivity contribution is 5.98. The fourth-order valence-electron chi connectivity index (χ4n) is 2.34. The van der Waals surface area contributed by atoms with Crippen LogP contribution in [0.5, 0.6) is 0 Å². The van der Waals surface area contributed by atoms with Crippen molar-refractivity contribution in [3.05, 3.63) is 34.9 Å². The van der Waals surface area contributed by atoms with Crippen molar-refractivity contribution in [2.45, 2.75) is 45.6 Å². The van der Waals surface area contributed by atoms with E-state index in [0.29, 0.717) is 6.42 Å². The molecular formula is C15H20O2. The van der Waals surface area contributed by atoms with Gasteiger partial charge in [0.25, 0.3) is 0 Å². The summed E-state index contributed by atoms with van der Waals surface area (Å²) >= 11 is 0. The summed E-state index contributed by atoms with van der Waals surface area (Å²) in [5, 5.41) is 0. The fourth-order valence-corrected chi connectivity index (χ4v) is 2.34. The molecule has 1 aromatic rings. The van der Waals surface area contributed by atoms with Crippen LogP contribution in [-0.2, 0) is 4.74 Å². The summed E-state index contributed by atoms with van der Waals surface area (Å²) in [6, 6.07) is 5.92. The number of aryl methyl sites for hydroxylation is 1. The first kappa shape index (κ1) is 12.3. The number of Topliss-reactive ketones (excluding diaryl/α,β-unsaturated/α-hetero) is 1. The summed E-state index contributed by atoms with van der Waals surface area (Å²) in [7, 11) is 0. The number of hydrogen-bond donors (Lipinski definition) is 0. The number of ketones is 1. The van der Waals surface area contributed by atoms with Crippen LogP contribution in [0.2, 0.25) is 0 Å². The molecule has 1 saturated heterocycles. The van der Waals surface area contributed by atoms with Crippen molar-refractivity contribution in [2.75, 3.05) is 6.61 Å². The van der Waals surface area contributed by atoms with Gasteiger partial charge in [-0.15, -0.1) is 0 Å². The first-order valence-electron chi connectivity index (χ1n) is 6.39. The topological polar surface area (TPSA) is 26.3 Å². The molecule has 1 aliphatic rings. The molecule has 1 aromatic carbocycles. The zero-order valence-electron chi connectivity index (χ0n) is 10.7. The second-order valence-electron chi connectivity index (χ2n) is 4.86. The third-order valence-electron chi connectivity index (χ3n) is 3.59. The standard InChI is InChI=1S/C15H20O2/c1-11-6-5-8-14(12(11)2)15(16)10-13-7-3-4-9-17-13/h5-6,8,13H,3-4,7,9-10H2,1-2H3. The zero-order chi connectivity index (χ0) is 12.3. The molecule has 2 heteroatoms. The number of rotatable bonds is 3. The third-order valence-corrected chi connectivity index (χ3v) is 3.59. The van der Waals surface area contributed by atoms with E-state index in [4.69, 9.17) is 4.74 Å². The predicted molar refractivity (Wildman–Crippen MR) is 68.5 cm³/mol. The smallest absolute Gasteiger partial charge is 0.165 e. The molecule has 0 N–H and O–H groups in total. The quantitative estimate of drug-likeness (QED) is 0.746. The highest BCUT2D eigenvalue weighted by atomic mass is 16.5. The minimum absolute atomic E-state index is 0.135. The zero-order valence-corrected chi connectivity index (χ0v) is 10.7. The van der Waals surface area contributed by atoms with E-state index in [9.17, 15) is 4.79 Å². The van der Waals surface area contributed by atoms with E-state index in [-0.39, 0.29) is 11.9 Å². The molecule has 1 aliphatic heterocycles. The second kappa shape index (κ2) is 5.46. The average Bonchev–Trinajstić information content (AvgIpc) is 2.34. The molecule has 0 spiro atoms. The van der Waals surface area contributed by atoms with E-state index in [1.807, 2.05) is 32.0 Å². The van der Waals surface area contributed by atoms with E-state index < -0.39 is 0 Å². The summed E-state index contributed by atoms with van der Waals surface area (Å²) in [5.74, 6) is 0.220. The summed E-state index contributed by atoms with van der Waals surface area (Å²) in [4.78, 5) is 12.2. The summed E-state index contributed by atoms with van der Waals surface area (Å²) in [5.41, 5.74) is 3.15. The number of benzene rings is 1. The highest BCUT2D eigenvalue weighted by Gasteiger charge is 2.19. The first-order chi connectivity index (χ1) is 8.18. The maximum atomic E-state index is 12.2. The SMILES string of the molecule is Cc1cccc(C(=O)CC2CCCCO2)c1C. The van der Waals surface area contributed by atoms with Crippen LogP contribution < -0.4 is 0 Å². The lowest BCUT2D eigenvalue weighted by Gasteiger charge is -2.22. The van der Waals surface area contributed by atoms with Crippen molar-refractivity contribution >= 4 is 5.78 Å². The van der Waals surface area contributed by atoms with Gasteiger partial charge in [-0.1, -0.05) is 18.2 Å². The average molecular weight is 232 g/mol. The van der Waals surface area contributed by atoms with Crippen LogP contribution in [-0.4, -0.2) is 18.5 Å². The molecular weight excluding hydrogens is 212 g/mol. The minimum Gasteiger partial charge on any atom is -0.378 e. The Kier molecular flexibility index (Phi) is 3.95. The van der Waals surface area contributed by atoms with Crippen LogP contribution >= 0.6 is 0 Å². The maximum Gasteiger partial charge on any atom is 0.165 e. The molecule has 1 atom stereocenters. The molecule has 0 bridgehead atoms. The molecule has 0 amide bonds. The Balaban J connectivity index is 2.06. The van der Waals surface area contributed by atoms with Gasteiger partial charge in [0.05, 0.1) is 6.10 Å². The largest absolute Gasteiger partial charge is 0.378 e. The molecule has 1 heterocycles. The van der Waals surface area contributed by atoms with Crippen LogP contribution in [0.1, 0.15) is 47.2 Å². The molecule has 92 valence electrons. The van der Waals surface area contributed by atoms with Gasteiger partial charge in [0.1, 0.15) is 0 Å². The van der Waals surface area contributed by atoms with Gasteiger partial charge in [-0.05, 0) is 44.2 Å². The summed E-state index contributed by atoms with van der Waals surface area (Å²) in [6.07, 6.45) is 4.01. The molecule has 1 unspecified atom stereocenters. The number of ether oxygens (including phenoxy) is 1. The van der Waals surface area contributed by atoms with Crippen LogP contribution in [0.15, 0.2) is 18.2 Å². The van der Waals surface area contributed by atoms with Crippen molar-refractivity contribution in [1.82, 2.24) is 0 Å². The number of carbonyl (C=O) groups excluding carboxylic acids is 1. The van der Waals surface area contributed by atoms with E-state index in [1.54, 1.807) is 0 Å². The molecule has 0 radical (unpaired) electrons. The predicted octanol–water partition coefficient (Wildman–Crippen LogP) is 3.45. The van der Waals surface area contributed by atoms with Gasteiger partial charge in [-0.25, -0.2) is 0 Å². The molecule has 0 aromatic heterocycles. The first-order valence-corrected chi connectivity index (χ1v) is 6.39. The fraction of sp³-hybridized carbons (Fsp3) is 0.533. The second-order valence-corrected chi connectivity index (χ2v) is 4.86. The van der Waals surface area contributed by atoms with E-state index in [2.05, 4.69) is 0 Å². The lowest BCUT2D eigenvalue weighted by Crippen LogP contribution is -2.22. The Morgan fingerprint density at radius 3 is 2.88 bits per heavy atom. The van der Waals surface area contributed by atoms with Crippen LogP contribution in [0.25, 0.3) is 0 Å². The lowest BCUT2D eigenvalue weighted by atomic mass is 9.95. The maximum absolute atomic E-state index is 12.2.